The number of hydrogen-bond donors (Lipinski definition) is 2. The number of aromatic amines is 1. The first-order chi connectivity index (χ1) is 20.5. The number of methoxy groups -OCH3 is 1. The maximum Gasteiger partial charge on any atom is 0.261 e. The molecule has 1 atom stereocenters. The molecule has 5 aromatic rings. The Morgan fingerprint density at radius 1 is 0.905 bits per heavy atom. The summed E-state index contributed by atoms with van der Waals surface area (Å²) >= 11 is 0. The number of rotatable bonds is 8. The number of aliphatic hydroxyl groups is 1. The number of nitrogens with zero attached hydrogens (tertiary/aromatic N) is 2. The second-order valence-electron chi connectivity index (χ2n) is 11.4. The lowest BCUT2D eigenvalue weighted by Crippen LogP contribution is -2.46. The normalized spacial score (nSPS) is 17.0. The van der Waals surface area contributed by atoms with Crippen LogP contribution in [-0.2, 0) is 0 Å². The van der Waals surface area contributed by atoms with Gasteiger partial charge in [-0.25, -0.2) is 0 Å². The molecule has 8 nitrogen and oxygen atoms in total. The van der Waals surface area contributed by atoms with Crippen LogP contribution in [0.1, 0.15) is 33.6 Å². The molecule has 2 aliphatic heterocycles. The van der Waals surface area contributed by atoms with Crippen LogP contribution in [0.15, 0.2) is 72.8 Å². The van der Waals surface area contributed by atoms with Gasteiger partial charge in [-0.15, -0.1) is 0 Å². The van der Waals surface area contributed by atoms with E-state index in [-0.39, 0.29) is 24.3 Å². The van der Waals surface area contributed by atoms with E-state index in [1.165, 1.54) is 4.90 Å². The largest absolute Gasteiger partial charge is 0.497 e. The number of H-pyrrole nitrogens is 1. The maximum atomic E-state index is 13.5. The topological polar surface area (TPSA) is 95.1 Å². The Labute approximate surface area is 243 Å². The van der Waals surface area contributed by atoms with Crippen LogP contribution in [-0.4, -0.2) is 77.7 Å². The van der Waals surface area contributed by atoms with Crippen LogP contribution in [0.3, 0.4) is 0 Å². The molecule has 0 radical (unpaired) electrons. The standard InChI is InChI=1S/C34H33N3O5/c1-41-24-16-22-6-4-8-26-31(22)27(17-24)34(40)37(33(26)39)18-21-12-14-36(15-13-21)19-23(38)20-42-30-11-5-10-29-32(30)25-7-2-3-9-28(25)35-29/h2-11,16-17,21,23,35,38H,12-15,18-20H2,1H3. The smallest absolute Gasteiger partial charge is 0.261 e. The minimum absolute atomic E-state index is 0.198. The first kappa shape index (κ1) is 26.5. The number of aromatic nitrogens is 1. The summed E-state index contributed by atoms with van der Waals surface area (Å²) in [7, 11) is 1.58. The van der Waals surface area contributed by atoms with Gasteiger partial charge in [-0.1, -0.05) is 36.4 Å². The van der Waals surface area contributed by atoms with Crippen molar-refractivity contribution in [2.45, 2.75) is 18.9 Å². The Kier molecular flexibility index (Phi) is 6.80. The quantitative estimate of drug-likeness (QED) is 0.251. The van der Waals surface area contributed by atoms with Crippen LogP contribution < -0.4 is 9.47 Å². The number of carbonyl (C=O) groups is 2. The lowest BCUT2D eigenvalue weighted by Gasteiger charge is -2.36. The number of benzene rings is 4. The van der Waals surface area contributed by atoms with E-state index in [0.29, 0.717) is 35.4 Å². The number of ether oxygens (including phenoxy) is 2. The number of para-hydroxylation sites is 1. The Balaban J connectivity index is 0.961. The van der Waals surface area contributed by atoms with Crippen molar-refractivity contribution in [2.75, 3.05) is 39.9 Å². The molecule has 2 amide bonds. The molecule has 0 aliphatic carbocycles. The summed E-state index contributed by atoms with van der Waals surface area (Å²) in [5, 5.41) is 14.5. The zero-order chi connectivity index (χ0) is 28.8. The van der Waals surface area contributed by atoms with Crippen molar-refractivity contribution in [3.8, 4) is 11.5 Å². The number of imide groups is 1. The van der Waals surface area contributed by atoms with Gasteiger partial charge < -0.3 is 24.5 Å². The van der Waals surface area contributed by atoms with Gasteiger partial charge in [-0.2, -0.15) is 0 Å². The van der Waals surface area contributed by atoms with E-state index in [0.717, 1.165) is 58.9 Å². The molecule has 1 fully saturated rings. The number of hydrogen-bond acceptors (Lipinski definition) is 6. The van der Waals surface area contributed by atoms with Crippen LogP contribution >= 0.6 is 0 Å². The van der Waals surface area contributed by atoms with Gasteiger partial charge in [0.05, 0.1) is 18.2 Å². The van der Waals surface area contributed by atoms with Crippen LogP contribution in [0.25, 0.3) is 32.6 Å². The zero-order valence-electron chi connectivity index (χ0n) is 23.5. The number of nitrogens with one attached hydrogen (secondary N) is 1. The first-order valence-corrected chi connectivity index (χ1v) is 14.5. The molecule has 2 aliphatic rings. The number of aliphatic hydroxyl groups excluding tert-OH is 1. The summed E-state index contributed by atoms with van der Waals surface area (Å²) in [4.78, 5) is 33.9. The summed E-state index contributed by atoms with van der Waals surface area (Å²) in [6.07, 6.45) is 1.04. The van der Waals surface area contributed by atoms with Gasteiger partial charge in [0.2, 0.25) is 0 Å². The summed E-state index contributed by atoms with van der Waals surface area (Å²) in [5.74, 6) is 1.07. The van der Waals surface area contributed by atoms with E-state index in [1.807, 2.05) is 54.6 Å². The van der Waals surface area contributed by atoms with Crippen molar-refractivity contribution >= 4 is 44.4 Å². The predicted octanol–water partition coefficient (Wildman–Crippen LogP) is 5.23. The average molecular weight is 564 g/mol. The lowest BCUT2D eigenvalue weighted by molar-refractivity contribution is 0.0455. The second-order valence-corrected chi connectivity index (χ2v) is 11.4. The van der Waals surface area contributed by atoms with Crippen molar-refractivity contribution in [3.05, 3.63) is 83.9 Å². The van der Waals surface area contributed by atoms with E-state index in [4.69, 9.17) is 9.47 Å². The van der Waals surface area contributed by atoms with E-state index < -0.39 is 6.10 Å². The molecule has 0 bridgehead atoms. The zero-order valence-corrected chi connectivity index (χ0v) is 23.5. The molecule has 0 spiro atoms. The molecule has 3 heterocycles. The van der Waals surface area contributed by atoms with E-state index in [1.54, 1.807) is 19.2 Å². The number of fused-ring (bicyclic) bond motifs is 3. The predicted molar refractivity (Wildman–Crippen MR) is 162 cm³/mol. The van der Waals surface area contributed by atoms with Crippen LogP contribution in [0, 0.1) is 5.92 Å². The number of likely N-dealkylation sites (tertiary alicyclic amines) is 1. The Hall–Kier alpha value is -4.40. The minimum Gasteiger partial charge on any atom is -0.497 e. The van der Waals surface area contributed by atoms with Crippen molar-refractivity contribution in [1.82, 2.24) is 14.8 Å². The average Bonchev–Trinajstić information content (AvgIpc) is 3.40. The lowest BCUT2D eigenvalue weighted by atomic mass is 9.91. The Morgan fingerprint density at radius 3 is 2.50 bits per heavy atom. The summed E-state index contributed by atoms with van der Waals surface area (Å²) in [6, 6.07) is 23.2. The van der Waals surface area contributed by atoms with Crippen LogP contribution in [0.5, 0.6) is 11.5 Å². The van der Waals surface area contributed by atoms with Crippen molar-refractivity contribution in [2.24, 2.45) is 5.92 Å². The molecule has 1 saturated heterocycles. The summed E-state index contributed by atoms with van der Waals surface area (Å²) in [5.41, 5.74) is 3.15. The molecule has 214 valence electrons. The fraction of sp³-hybridized carbons (Fsp3) is 0.294. The third-order valence-corrected chi connectivity index (χ3v) is 8.68. The molecule has 42 heavy (non-hydrogen) atoms. The second kappa shape index (κ2) is 10.8. The summed E-state index contributed by atoms with van der Waals surface area (Å²) < 4.78 is 11.5. The van der Waals surface area contributed by atoms with Crippen molar-refractivity contribution < 1.29 is 24.2 Å². The molecular formula is C34H33N3O5. The van der Waals surface area contributed by atoms with Gasteiger partial charge in [0.1, 0.15) is 24.2 Å². The Bertz CT molecular complexity index is 1820. The molecule has 2 N–H and O–H groups in total. The highest BCUT2D eigenvalue weighted by Crippen LogP contribution is 2.35. The van der Waals surface area contributed by atoms with Gasteiger partial charge in [0, 0.05) is 40.3 Å². The van der Waals surface area contributed by atoms with Gasteiger partial charge in [-0.05, 0) is 73.6 Å². The molecule has 8 heteroatoms. The third-order valence-electron chi connectivity index (χ3n) is 8.68. The highest BCUT2D eigenvalue weighted by Gasteiger charge is 2.35. The summed E-state index contributed by atoms with van der Waals surface area (Å²) in [6.45, 7) is 2.67. The van der Waals surface area contributed by atoms with Gasteiger partial charge in [0.25, 0.3) is 11.8 Å². The molecule has 1 aromatic heterocycles. The number of β-amino-alcohol motifs (C(OH)–C–C–N with tert-alkyl or cyclic N) is 1. The first-order valence-electron chi connectivity index (χ1n) is 14.5. The molecule has 1 unspecified atom stereocenters. The van der Waals surface area contributed by atoms with E-state index in [2.05, 4.69) is 16.0 Å². The Morgan fingerprint density at radius 2 is 1.67 bits per heavy atom. The van der Waals surface area contributed by atoms with E-state index >= 15 is 0 Å². The number of amides is 2. The van der Waals surface area contributed by atoms with Crippen LogP contribution in [0.2, 0.25) is 0 Å². The minimum atomic E-state index is -0.640. The maximum absolute atomic E-state index is 13.5. The molecule has 7 rings (SSSR count). The van der Waals surface area contributed by atoms with E-state index in [9.17, 15) is 14.7 Å². The highest BCUT2D eigenvalue weighted by molar-refractivity contribution is 6.25. The molecular weight excluding hydrogens is 530 g/mol. The SMILES string of the molecule is COc1cc2c3c(cccc3c1)C(=O)N(CC1CCN(CC(O)COc3cccc4[nH]c5ccccc5c34)CC1)C2=O. The third kappa shape index (κ3) is 4.66. The highest BCUT2D eigenvalue weighted by atomic mass is 16.5. The van der Waals surface area contributed by atoms with Crippen LogP contribution in [0.4, 0.5) is 0 Å². The van der Waals surface area contributed by atoms with Gasteiger partial charge >= 0.3 is 0 Å². The fourth-order valence-electron chi connectivity index (χ4n) is 6.55. The molecule has 4 aromatic carbocycles. The molecule has 0 saturated carbocycles. The number of piperidine rings is 1. The monoisotopic (exact) mass is 563 g/mol. The number of carbonyl (C=O) groups excluding carboxylic acids is 2. The van der Waals surface area contributed by atoms with Crippen molar-refractivity contribution in [1.29, 1.82) is 0 Å². The van der Waals surface area contributed by atoms with Gasteiger partial charge in [-0.3, -0.25) is 14.5 Å². The van der Waals surface area contributed by atoms with Crippen molar-refractivity contribution in [3.63, 3.8) is 0 Å². The van der Waals surface area contributed by atoms with Gasteiger partial charge in [0.15, 0.2) is 0 Å². The fourth-order valence-corrected chi connectivity index (χ4v) is 6.55.